The Morgan fingerprint density at radius 3 is 2.38 bits per heavy atom. The van der Waals surface area contributed by atoms with Gasteiger partial charge in [0.15, 0.2) is 0 Å². The van der Waals surface area contributed by atoms with E-state index in [1.54, 1.807) is 12.1 Å². The molecule has 1 aromatic carbocycles. The van der Waals surface area contributed by atoms with E-state index in [9.17, 15) is 18.0 Å². The maximum Gasteiger partial charge on any atom is 0.453 e. The smallest absolute Gasteiger partial charge is 0.369 e. The van der Waals surface area contributed by atoms with Gasteiger partial charge in [-0.25, -0.2) is 4.68 Å². The molecule has 0 atom stereocenters. The molecule has 3 N–H and O–H groups in total. The number of carbonyl (C=O) groups is 1. The molecule has 0 aliphatic carbocycles. The normalized spacial score (nSPS) is 15.5. The standard InChI is InChI=1S/C17H22F3N7OS/c1-2-25-7-9-26(10-8-25)13-5-3-12(4-6-13)22-14(28)11-29-16-24-23-15(27(16)21)17(18,19)20/h3-6H,2,7-11,21H2,1H3,(H,22,28). The van der Waals surface area contributed by atoms with Gasteiger partial charge < -0.3 is 21.0 Å². The summed E-state index contributed by atoms with van der Waals surface area (Å²) in [5.74, 6) is 3.51. The SMILES string of the molecule is CCN1CCN(c2ccc(NC(=O)CSc3nnc(C(F)(F)F)n3N)cc2)CC1. The summed E-state index contributed by atoms with van der Waals surface area (Å²) in [7, 11) is 0. The third-order valence-corrected chi connectivity index (χ3v) is 5.53. The lowest BCUT2D eigenvalue weighted by atomic mass is 10.2. The molecule has 1 amide bonds. The number of nitrogen functional groups attached to an aromatic ring is 1. The maximum atomic E-state index is 12.7. The molecule has 0 radical (unpaired) electrons. The molecule has 0 saturated carbocycles. The summed E-state index contributed by atoms with van der Waals surface area (Å²) < 4.78 is 38.3. The van der Waals surface area contributed by atoms with Gasteiger partial charge in [0.2, 0.25) is 11.1 Å². The summed E-state index contributed by atoms with van der Waals surface area (Å²) in [6.07, 6.45) is -4.70. The van der Waals surface area contributed by atoms with Crippen LogP contribution in [0.15, 0.2) is 29.4 Å². The number of likely N-dealkylation sites (N-methyl/N-ethyl adjacent to an activating group) is 1. The number of amides is 1. The Kier molecular flexibility index (Phi) is 6.52. The topological polar surface area (TPSA) is 92.3 Å². The van der Waals surface area contributed by atoms with Crippen LogP contribution in [0.4, 0.5) is 24.5 Å². The number of aromatic nitrogens is 3. The number of benzene rings is 1. The molecule has 1 aliphatic heterocycles. The number of rotatable bonds is 6. The van der Waals surface area contributed by atoms with Gasteiger partial charge in [-0.3, -0.25) is 4.79 Å². The minimum Gasteiger partial charge on any atom is -0.369 e. The molecule has 1 fully saturated rings. The Balaban J connectivity index is 1.50. The molecule has 1 saturated heterocycles. The van der Waals surface area contributed by atoms with E-state index in [0.717, 1.165) is 50.2 Å². The highest BCUT2D eigenvalue weighted by atomic mass is 32.2. The Hall–Kier alpha value is -2.47. The van der Waals surface area contributed by atoms with Gasteiger partial charge in [0.05, 0.1) is 5.75 Å². The lowest BCUT2D eigenvalue weighted by Gasteiger charge is -2.35. The van der Waals surface area contributed by atoms with Gasteiger partial charge in [0.1, 0.15) is 0 Å². The fourth-order valence-corrected chi connectivity index (χ4v) is 3.63. The Labute approximate surface area is 170 Å². The highest BCUT2D eigenvalue weighted by molar-refractivity contribution is 7.99. The molecule has 1 aliphatic rings. The molecular weight excluding hydrogens is 407 g/mol. The van der Waals surface area contributed by atoms with E-state index in [1.165, 1.54) is 0 Å². The van der Waals surface area contributed by atoms with Crippen molar-refractivity contribution >= 4 is 29.0 Å². The van der Waals surface area contributed by atoms with Gasteiger partial charge in [-0.1, -0.05) is 18.7 Å². The van der Waals surface area contributed by atoms with Crippen molar-refractivity contribution in [2.24, 2.45) is 0 Å². The van der Waals surface area contributed by atoms with Crippen LogP contribution in [0.3, 0.4) is 0 Å². The van der Waals surface area contributed by atoms with E-state index in [4.69, 9.17) is 5.84 Å². The van der Waals surface area contributed by atoms with E-state index in [1.807, 2.05) is 12.1 Å². The van der Waals surface area contributed by atoms with Crippen molar-refractivity contribution < 1.29 is 18.0 Å². The van der Waals surface area contributed by atoms with E-state index < -0.39 is 12.0 Å². The van der Waals surface area contributed by atoms with E-state index >= 15 is 0 Å². The molecule has 2 aromatic rings. The molecule has 12 heteroatoms. The highest BCUT2D eigenvalue weighted by Crippen LogP contribution is 2.29. The molecule has 158 valence electrons. The monoisotopic (exact) mass is 429 g/mol. The molecular formula is C17H22F3N7OS. The van der Waals surface area contributed by atoms with Crippen molar-refractivity contribution in [1.29, 1.82) is 0 Å². The van der Waals surface area contributed by atoms with Gasteiger partial charge in [0.25, 0.3) is 5.82 Å². The second-order valence-electron chi connectivity index (χ2n) is 6.48. The van der Waals surface area contributed by atoms with Crippen LogP contribution < -0.4 is 16.1 Å². The average Bonchev–Trinajstić information content (AvgIpc) is 3.08. The van der Waals surface area contributed by atoms with Crippen LogP contribution in [0.1, 0.15) is 12.7 Å². The summed E-state index contributed by atoms with van der Waals surface area (Å²) in [6.45, 7) is 7.15. The molecule has 2 heterocycles. The number of alkyl halides is 3. The number of thioether (sulfide) groups is 1. The Bertz CT molecular complexity index is 833. The summed E-state index contributed by atoms with van der Waals surface area (Å²) in [5, 5.41) is 8.92. The second kappa shape index (κ2) is 8.91. The fourth-order valence-electron chi connectivity index (χ4n) is 2.97. The minimum absolute atomic E-state index is 0.145. The van der Waals surface area contributed by atoms with Crippen molar-refractivity contribution in [1.82, 2.24) is 19.8 Å². The van der Waals surface area contributed by atoms with Crippen LogP contribution in [0.2, 0.25) is 0 Å². The van der Waals surface area contributed by atoms with E-state index in [0.29, 0.717) is 10.4 Å². The van der Waals surface area contributed by atoms with Gasteiger partial charge in [0, 0.05) is 37.6 Å². The van der Waals surface area contributed by atoms with Crippen LogP contribution in [-0.2, 0) is 11.0 Å². The number of nitrogens with one attached hydrogen (secondary N) is 1. The van der Waals surface area contributed by atoms with Crippen LogP contribution >= 0.6 is 11.8 Å². The number of hydrogen-bond acceptors (Lipinski definition) is 7. The molecule has 3 rings (SSSR count). The summed E-state index contributed by atoms with van der Waals surface area (Å²) in [4.78, 5) is 16.8. The molecule has 0 unspecified atom stereocenters. The van der Waals surface area contributed by atoms with E-state index in [2.05, 4.69) is 32.2 Å². The first-order valence-electron chi connectivity index (χ1n) is 9.05. The molecule has 0 bridgehead atoms. The predicted molar refractivity (Wildman–Crippen MR) is 105 cm³/mol. The van der Waals surface area contributed by atoms with Crippen molar-refractivity contribution in [3.05, 3.63) is 30.1 Å². The van der Waals surface area contributed by atoms with Gasteiger partial charge in [-0.2, -0.15) is 13.2 Å². The first-order chi connectivity index (χ1) is 13.8. The Morgan fingerprint density at radius 2 is 1.83 bits per heavy atom. The number of nitrogens with zero attached hydrogens (tertiary/aromatic N) is 5. The summed E-state index contributed by atoms with van der Waals surface area (Å²) in [6, 6.07) is 7.49. The number of carbonyl (C=O) groups excluding carboxylic acids is 1. The van der Waals surface area contributed by atoms with Crippen LogP contribution in [0, 0.1) is 0 Å². The summed E-state index contributed by atoms with van der Waals surface area (Å²) >= 11 is 0.779. The zero-order valence-electron chi connectivity index (χ0n) is 15.8. The number of hydrogen-bond donors (Lipinski definition) is 2. The van der Waals surface area contributed by atoms with Gasteiger partial charge in [-0.05, 0) is 30.8 Å². The number of anilines is 2. The first kappa shape index (κ1) is 21.2. The number of halogens is 3. The lowest BCUT2D eigenvalue weighted by molar-refractivity contribution is -0.146. The van der Waals surface area contributed by atoms with Crippen molar-refractivity contribution in [3.8, 4) is 0 Å². The van der Waals surface area contributed by atoms with Gasteiger partial charge >= 0.3 is 6.18 Å². The molecule has 29 heavy (non-hydrogen) atoms. The fraction of sp³-hybridized carbons (Fsp3) is 0.471. The lowest BCUT2D eigenvalue weighted by Crippen LogP contribution is -2.46. The third-order valence-electron chi connectivity index (χ3n) is 4.59. The zero-order chi connectivity index (χ0) is 21.0. The summed E-state index contributed by atoms with van der Waals surface area (Å²) in [5.41, 5.74) is 1.70. The molecule has 1 aromatic heterocycles. The van der Waals surface area contributed by atoms with Gasteiger partial charge in [-0.15, -0.1) is 10.2 Å². The maximum absolute atomic E-state index is 12.7. The van der Waals surface area contributed by atoms with Crippen molar-refractivity contribution in [2.45, 2.75) is 18.3 Å². The van der Waals surface area contributed by atoms with Crippen molar-refractivity contribution in [2.75, 3.05) is 54.5 Å². The van der Waals surface area contributed by atoms with E-state index in [-0.39, 0.29) is 16.8 Å². The molecule has 0 spiro atoms. The van der Waals surface area contributed by atoms with Crippen LogP contribution in [-0.4, -0.2) is 64.2 Å². The minimum atomic E-state index is -4.70. The predicted octanol–water partition coefficient (Wildman–Crippen LogP) is 1.88. The number of nitrogens with two attached hydrogens (primary N) is 1. The first-order valence-corrected chi connectivity index (χ1v) is 10.0. The third kappa shape index (κ3) is 5.32. The molecule has 8 nitrogen and oxygen atoms in total. The largest absolute Gasteiger partial charge is 0.453 e. The highest BCUT2D eigenvalue weighted by Gasteiger charge is 2.38. The second-order valence-corrected chi connectivity index (χ2v) is 7.42. The quantitative estimate of drug-likeness (QED) is 0.535. The Morgan fingerprint density at radius 1 is 1.17 bits per heavy atom. The van der Waals surface area contributed by atoms with Crippen LogP contribution in [0.5, 0.6) is 0 Å². The zero-order valence-corrected chi connectivity index (χ0v) is 16.6. The average molecular weight is 429 g/mol. The number of piperazine rings is 1. The van der Waals surface area contributed by atoms with Crippen molar-refractivity contribution in [3.63, 3.8) is 0 Å². The van der Waals surface area contributed by atoms with Crippen LogP contribution in [0.25, 0.3) is 0 Å².